The lowest BCUT2D eigenvalue weighted by atomic mass is 10.0. The van der Waals surface area contributed by atoms with Gasteiger partial charge in [-0.15, -0.1) is 10.2 Å². The molecule has 6 nitrogen and oxygen atoms in total. The minimum atomic E-state index is -0.0761. The van der Waals surface area contributed by atoms with Crippen molar-refractivity contribution in [1.82, 2.24) is 20.2 Å². The zero-order valence-corrected chi connectivity index (χ0v) is 11.7. The SMILES string of the molecule is O=C(c1ccccc1)c1ccccc1-n1cnnc1CNO. The monoisotopic (exact) mass is 294 g/mol. The lowest BCUT2D eigenvalue weighted by molar-refractivity contribution is 0.103. The minimum Gasteiger partial charge on any atom is -0.316 e. The molecule has 0 aliphatic heterocycles. The van der Waals surface area contributed by atoms with Crippen LogP contribution in [-0.4, -0.2) is 25.8 Å². The van der Waals surface area contributed by atoms with Crippen molar-refractivity contribution in [3.8, 4) is 5.69 Å². The van der Waals surface area contributed by atoms with Gasteiger partial charge in [0.25, 0.3) is 0 Å². The molecule has 0 bridgehead atoms. The molecule has 2 aromatic carbocycles. The van der Waals surface area contributed by atoms with E-state index in [0.717, 1.165) is 0 Å². The molecule has 6 heteroatoms. The van der Waals surface area contributed by atoms with E-state index in [1.54, 1.807) is 22.8 Å². The summed E-state index contributed by atoms with van der Waals surface area (Å²) in [6.07, 6.45) is 1.52. The maximum atomic E-state index is 12.7. The van der Waals surface area contributed by atoms with Gasteiger partial charge in [-0.1, -0.05) is 42.5 Å². The summed E-state index contributed by atoms with van der Waals surface area (Å²) in [4.78, 5) is 12.7. The summed E-state index contributed by atoms with van der Waals surface area (Å²) in [5.74, 6) is 0.434. The average Bonchev–Trinajstić information content (AvgIpc) is 3.03. The minimum absolute atomic E-state index is 0.0761. The number of hydrogen-bond acceptors (Lipinski definition) is 5. The lowest BCUT2D eigenvalue weighted by Crippen LogP contribution is -2.14. The summed E-state index contributed by atoms with van der Waals surface area (Å²) < 4.78 is 1.68. The summed E-state index contributed by atoms with van der Waals surface area (Å²) in [6.45, 7) is 0.133. The Kier molecular flexibility index (Phi) is 4.04. The molecule has 1 heterocycles. The molecule has 0 unspecified atom stereocenters. The number of rotatable bonds is 5. The maximum absolute atomic E-state index is 12.7. The van der Waals surface area contributed by atoms with Crippen molar-refractivity contribution < 1.29 is 10.0 Å². The predicted molar refractivity (Wildman–Crippen MR) is 79.9 cm³/mol. The van der Waals surface area contributed by atoms with E-state index >= 15 is 0 Å². The topological polar surface area (TPSA) is 80.0 Å². The summed E-state index contributed by atoms with van der Waals surface area (Å²) in [7, 11) is 0. The van der Waals surface area contributed by atoms with Gasteiger partial charge in [0.15, 0.2) is 11.6 Å². The van der Waals surface area contributed by atoms with Gasteiger partial charge in [0, 0.05) is 11.1 Å². The van der Waals surface area contributed by atoms with Crippen molar-refractivity contribution in [3.63, 3.8) is 0 Å². The van der Waals surface area contributed by atoms with E-state index in [9.17, 15) is 4.79 Å². The van der Waals surface area contributed by atoms with E-state index in [1.807, 2.05) is 36.4 Å². The smallest absolute Gasteiger partial charge is 0.195 e. The van der Waals surface area contributed by atoms with Crippen molar-refractivity contribution in [2.75, 3.05) is 0 Å². The molecule has 22 heavy (non-hydrogen) atoms. The van der Waals surface area contributed by atoms with Crippen LogP contribution >= 0.6 is 0 Å². The summed E-state index contributed by atoms with van der Waals surface area (Å²) >= 11 is 0. The molecule has 1 aromatic heterocycles. The number of carbonyl (C=O) groups excluding carboxylic acids is 1. The van der Waals surface area contributed by atoms with E-state index in [2.05, 4.69) is 15.7 Å². The number of nitrogens with zero attached hydrogens (tertiary/aromatic N) is 3. The number of carbonyl (C=O) groups is 1. The number of nitrogens with one attached hydrogen (secondary N) is 1. The first-order chi connectivity index (χ1) is 10.8. The van der Waals surface area contributed by atoms with Gasteiger partial charge < -0.3 is 5.21 Å². The third-order valence-electron chi connectivity index (χ3n) is 3.30. The fraction of sp³-hybridized carbons (Fsp3) is 0.0625. The Balaban J connectivity index is 2.07. The normalized spacial score (nSPS) is 10.6. The Labute approximate surface area is 127 Å². The van der Waals surface area contributed by atoms with E-state index < -0.39 is 0 Å². The molecular formula is C16H14N4O2. The number of ketones is 1. The van der Waals surface area contributed by atoms with Crippen molar-refractivity contribution in [2.24, 2.45) is 0 Å². The average molecular weight is 294 g/mol. The van der Waals surface area contributed by atoms with Gasteiger partial charge in [-0.3, -0.25) is 9.36 Å². The molecule has 0 aliphatic carbocycles. The lowest BCUT2D eigenvalue weighted by Gasteiger charge is -2.11. The van der Waals surface area contributed by atoms with Crippen LogP contribution in [-0.2, 0) is 6.54 Å². The van der Waals surface area contributed by atoms with Crippen LogP contribution in [0.3, 0.4) is 0 Å². The quantitative estimate of drug-likeness (QED) is 0.555. The number of hydroxylamine groups is 1. The standard InChI is InChI=1S/C16H14N4O2/c21-16(12-6-2-1-3-7-12)13-8-4-5-9-14(13)20-11-17-19-15(20)10-18-22/h1-9,11,18,22H,10H2. The number of aromatic nitrogens is 3. The van der Waals surface area contributed by atoms with Gasteiger partial charge >= 0.3 is 0 Å². The van der Waals surface area contributed by atoms with E-state index in [4.69, 9.17) is 5.21 Å². The molecule has 0 amide bonds. The summed E-state index contributed by atoms with van der Waals surface area (Å²) in [5, 5.41) is 16.6. The summed E-state index contributed by atoms with van der Waals surface area (Å²) in [5.41, 5.74) is 3.89. The highest BCUT2D eigenvalue weighted by molar-refractivity contribution is 6.11. The van der Waals surface area contributed by atoms with Gasteiger partial charge in [-0.05, 0) is 12.1 Å². The molecule has 0 saturated heterocycles. The van der Waals surface area contributed by atoms with E-state index in [1.165, 1.54) is 6.33 Å². The van der Waals surface area contributed by atoms with Crippen molar-refractivity contribution in [1.29, 1.82) is 0 Å². The molecule has 3 rings (SSSR count). The highest BCUT2D eigenvalue weighted by atomic mass is 16.5. The van der Waals surface area contributed by atoms with Gasteiger partial charge in [0.2, 0.25) is 0 Å². The van der Waals surface area contributed by atoms with Crippen molar-refractivity contribution >= 4 is 5.78 Å². The van der Waals surface area contributed by atoms with Crippen LogP contribution < -0.4 is 5.48 Å². The van der Waals surface area contributed by atoms with Gasteiger partial charge in [-0.25, -0.2) is 0 Å². The molecule has 0 atom stereocenters. The van der Waals surface area contributed by atoms with E-state index in [-0.39, 0.29) is 12.3 Å². The zero-order valence-electron chi connectivity index (χ0n) is 11.7. The van der Waals surface area contributed by atoms with Crippen LogP contribution in [0, 0.1) is 0 Å². The Bertz CT molecular complexity index is 784. The molecule has 0 spiro atoms. The third-order valence-corrected chi connectivity index (χ3v) is 3.30. The number of benzene rings is 2. The molecule has 0 radical (unpaired) electrons. The second-order valence-electron chi connectivity index (χ2n) is 4.66. The van der Waals surface area contributed by atoms with Crippen LogP contribution in [0.1, 0.15) is 21.7 Å². The Morgan fingerprint density at radius 2 is 1.82 bits per heavy atom. The second-order valence-corrected chi connectivity index (χ2v) is 4.66. The fourth-order valence-electron chi connectivity index (χ4n) is 2.27. The Morgan fingerprint density at radius 1 is 1.09 bits per heavy atom. The van der Waals surface area contributed by atoms with Crippen LogP contribution in [0.5, 0.6) is 0 Å². The molecule has 3 aromatic rings. The maximum Gasteiger partial charge on any atom is 0.195 e. The van der Waals surface area contributed by atoms with E-state index in [0.29, 0.717) is 22.6 Å². The zero-order chi connectivity index (χ0) is 15.4. The van der Waals surface area contributed by atoms with Gasteiger partial charge in [-0.2, -0.15) is 5.48 Å². The first kappa shape index (κ1) is 14.1. The van der Waals surface area contributed by atoms with Crippen LogP contribution in [0.25, 0.3) is 5.69 Å². The number of para-hydroxylation sites is 1. The Hall–Kier alpha value is -2.83. The fourth-order valence-corrected chi connectivity index (χ4v) is 2.27. The molecule has 0 saturated carbocycles. The summed E-state index contributed by atoms with van der Waals surface area (Å²) in [6, 6.07) is 16.3. The molecule has 0 fully saturated rings. The van der Waals surface area contributed by atoms with Crippen LogP contribution in [0.4, 0.5) is 0 Å². The molecule has 0 aliphatic rings. The molecule has 110 valence electrons. The highest BCUT2D eigenvalue weighted by Gasteiger charge is 2.16. The van der Waals surface area contributed by atoms with Gasteiger partial charge in [0.1, 0.15) is 6.33 Å². The largest absolute Gasteiger partial charge is 0.316 e. The van der Waals surface area contributed by atoms with Gasteiger partial charge in [0.05, 0.1) is 12.2 Å². The van der Waals surface area contributed by atoms with Crippen LogP contribution in [0.15, 0.2) is 60.9 Å². The predicted octanol–water partition coefficient (Wildman–Crippen LogP) is 1.98. The molecular weight excluding hydrogens is 280 g/mol. The number of hydrogen-bond donors (Lipinski definition) is 2. The van der Waals surface area contributed by atoms with Crippen molar-refractivity contribution in [3.05, 3.63) is 77.9 Å². The third kappa shape index (κ3) is 2.65. The molecule has 2 N–H and O–H groups in total. The van der Waals surface area contributed by atoms with Crippen molar-refractivity contribution in [2.45, 2.75) is 6.54 Å². The first-order valence-electron chi connectivity index (χ1n) is 6.76. The highest BCUT2D eigenvalue weighted by Crippen LogP contribution is 2.19. The first-order valence-corrected chi connectivity index (χ1v) is 6.76. The van der Waals surface area contributed by atoms with Crippen LogP contribution in [0.2, 0.25) is 0 Å². The second kappa shape index (κ2) is 6.30. The Morgan fingerprint density at radius 3 is 2.59 bits per heavy atom.